The minimum Gasteiger partial charge on any atom is -0.346 e. The van der Waals surface area contributed by atoms with Crippen molar-refractivity contribution in [1.29, 1.82) is 0 Å². The second-order valence-corrected chi connectivity index (χ2v) is 2.71. The molecule has 1 rings (SSSR count). The molecule has 0 unspecified atom stereocenters. The zero-order chi connectivity index (χ0) is 12.8. The first kappa shape index (κ1) is 12.2. The molecule has 0 saturated heterocycles. The largest absolute Gasteiger partial charge is 0.346 e. The van der Waals surface area contributed by atoms with Gasteiger partial charge in [0.25, 0.3) is 5.69 Å². The summed E-state index contributed by atoms with van der Waals surface area (Å²) in [6, 6.07) is 5.37. The highest BCUT2D eigenvalue weighted by atomic mass is 17.0. The summed E-state index contributed by atoms with van der Waals surface area (Å²) in [5, 5.41) is 24.4. The average molecular weight is 241 g/mol. The Bertz CT molecular complexity index is 473. The molecule has 1 aromatic rings. The molecule has 0 aliphatic heterocycles. The van der Waals surface area contributed by atoms with Crippen molar-refractivity contribution in [2.75, 3.05) is 5.32 Å². The van der Waals surface area contributed by atoms with Crippen LogP contribution in [0.2, 0.25) is 0 Å². The Morgan fingerprint density at radius 1 is 1.41 bits per heavy atom. The summed E-state index contributed by atoms with van der Waals surface area (Å²) in [6.45, 7) is 0. The van der Waals surface area contributed by atoms with Gasteiger partial charge >= 0.3 is 5.96 Å². The molecule has 0 heterocycles. The molecule has 0 aromatic heterocycles. The number of nitrogens with one attached hydrogen (secondary N) is 1. The first-order valence-corrected chi connectivity index (χ1v) is 4.15. The maximum atomic E-state index is 10.5. The Hall–Kier alpha value is -2.91. The first-order chi connectivity index (χ1) is 7.99. The maximum absolute atomic E-state index is 10.5. The van der Waals surface area contributed by atoms with Crippen LogP contribution in [0.4, 0.5) is 11.4 Å². The fourth-order valence-corrected chi connectivity index (χ4v) is 0.945. The molecule has 17 heavy (non-hydrogen) atoms. The van der Waals surface area contributed by atoms with Crippen molar-refractivity contribution in [3.05, 3.63) is 44.5 Å². The molecule has 0 spiro atoms. The molecule has 3 N–H and O–H groups in total. The topological polar surface area (TPSA) is 146 Å². The van der Waals surface area contributed by atoms with Crippen LogP contribution in [0.15, 0.2) is 29.4 Å². The van der Waals surface area contributed by atoms with E-state index in [4.69, 9.17) is 5.73 Å². The van der Waals surface area contributed by atoms with Crippen molar-refractivity contribution >= 4 is 17.3 Å². The van der Waals surface area contributed by atoms with Gasteiger partial charge in [0.05, 0.1) is 4.92 Å². The first-order valence-electron chi connectivity index (χ1n) is 4.15. The SMILES string of the molecule is NC(=NO[N+](=O)[O-])Nc1cccc([N+](=O)[O-])c1. The summed E-state index contributed by atoms with van der Waals surface area (Å²) >= 11 is 0. The zero-order valence-electron chi connectivity index (χ0n) is 8.27. The van der Waals surface area contributed by atoms with E-state index in [1.54, 1.807) is 0 Å². The van der Waals surface area contributed by atoms with E-state index >= 15 is 0 Å². The second kappa shape index (κ2) is 5.25. The molecule has 0 saturated carbocycles. The average Bonchev–Trinajstić information content (AvgIpc) is 2.26. The summed E-state index contributed by atoms with van der Waals surface area (Å²) in [6.07, 6.45) is 0. The van der Waals surface area contributed by atoms with E-state index in [2.05, 4.69) is 15.4 Å². The number of nitrogens with zero attached hydrogens (tertiary/aromatic N) is 3. The van der Waals surface area contributed by atoms with Crippen LogP contribution in [0.5, 0.6) is 0 Å². The number of non-ortho nitro benzene ring substituents is 1. The van der Waals surface area contributed by atoms with Gasteiger partial charge < -0.3 is 11.1 Å². The third-order valence-electron chi connectivity index (χ3n) is 1.54. The third kappa shape index (κ3) is 3.99. The number of hydrogen-bond donors (Lipinski definition) is 2. The lowest BCUT2D eigenvalue weighted by atomic mass is 10.3. The summed E-state index contributed by atoms with van der Waals surface area (Å²) < 4.78 is 0. The number of rotatable bonds is 4. The van der Waals surface area contributed by atoms with Gasteiger partial charge in [-0.15, -0.1) is 0 Å². The van der Waals surface area contributed by atoms with Gasteiger partial charge in [0.2, 0.25) is 0 Å². The van der Waals surface area contributed by atoms with Crippen molar-refractivity contribution in [1.82, 2.24) is 0 Å². The Labute approximate surface area is 93.9 Å². The number of guanidine groups is 1. The highest BCUT2D eigenvalue weighted by molar-refractivity contribution is 5.92. The van der Waals surface area contributed by atoms with Crippen molar-refractivity contribution in [2.45, 2.75) is 0 Å². The van der Waals surface area contributed by atoms with Crippen LogP contribution in [-0.4, -0.2) is 16.0 Å². The van der Waals surface area contributed by atoms with Crippen LogP contribution in [-0.2, 0) is 4.94 Å². The number of hydrogen-bond acceptors (Lipinski definition) is 6. The van der Waals surface area contributed by atoms with E-state index < -0.39 is 16.0 Å². The van der Waals surface area contributed by atoms with Crippen LogP contribution in [0.25, 0.3) is 0 Å². The highest BCUT2D eigenvalue weighted by Crippen LogP contribution is 2.16. The second-order valence-electron chi connectivity index (χ2n) is 2.71. The predicted octanol–water partition coefficient (Wildman–Crippen LogP) is 0.445. The summed E-state index contributed by atoms with van der Waals surface area (Å²) in [7, 11) is 0. The van der Waals surface area contributed by atoms with Gasteiger partial charge in [0.1, 0.15) is 5.16 Å². The zero-order valence-corrected chi connectivity index (χ0v) is 8.27. The van der Waals surface area contributed by atoms with Gasteiger partial charge in [0, 0.05) is 17.8 Å². The summed E-state index contributed by atoms with van der Waals surface area (Å²) in [4.78, 5) is 23.3. The quantitative estimate of drug-likeness (QED) is 0.336. The standard InChI is InChI=1S/C7H7N5O5/c8-7(10-17-12(15)16)9-5-2-1-3-6(4-5)11(13)14/h1-4H,(H3,8,9,10). The maximum Gasteiger partial charge on any atom is 0.345 e. The molecule has 0 bridgehead atoms. The van der Waals surface area contributed by atoms with Crippen molar-refractivity contribution in [3.63, 3.8) is 0 Å². The molecule has 0 amide bonds. The van der Waals surface area contributed by atoms with E-state index in [1.807, 2.05) is 0 Å². The monoisotopic (exact) mass is 241 g/mol. The van der Waals surface area contributed by atoms with Crippen LogP contribution < -0.4 is 11.1 Å². The van der Waals surface area contributed by atoms with E-state index in [1.165, 1.54) is 24.3 Å². The van der Waals surface area contributed by atoms with Gasteiger partial charge in [-0.1, -0.05) is 6.07 Å². The molecule has 0 fully saturated rings. The molecule has 1 aromatic carbocycles. The molecule has 0 aliphatic carbocycles. The van der Waals surface area contributed by atoms with E-state index in [0.29, 0.717) is 0 Å². The van der Waals surface area contributed by atoms with Gasteiger partial charge in [0.15, 0.2) is 5.09 Å². The fraction of sp³-hybridized carbons (Fsp3) is 0. The van der Waals surface area contributed by atoms with E-state index in [9.17, 15) is 20.2 Å². The molecule has 10 nitrogen and oxygen atoms in total. The van der Waals surface area contributed by atoms with Crippen LogP contribution >= 0.6 is 0 Å². The normalized spacial score (nSPS) is 10.7. The third-order valence-corrected chi connectivity index (χ3v) is 1.54. The molecular weight excluding hydrogens is 234 g/mol. The molecule has 10 heteroatoms. The number of nitro groups is 1. The molecule has 90 valence electrons. The van der Waals surface area contributed by atoms with E-state index in [0.717, 1.165) is 0 Å². The smallest absolute Gasteiger partial charge is 0.345 e. The summed E-state index contributed by atoms with van der Waals surface area (Å²) in [5.74, 6) is -0.401. The Morgan fingerprint density at radius 2 is 2.12 bits per heavy atom. The van der Waals surface area contributed by atoms with Crippen molar-refractivity contribution in [3.8, 4) is 0 Å². The lowest BCUT2D eigenvalue weighted by Gasteiger charge is -2.00. The lowest BCUT2D eigenvalue weighted by molar-refractivity contribution is -0.760. The van der Waals surface area contributed by atoms with Crippen LogP contribution in [0, 0.1) is 20.2 Å². The van der Waals surface area contributed by atoms with E-state index in [-0.39, 0.29) is 11.4 Å². The predicted molar refractivity (Wildman–Crippen MR) is 56.4 cm³/mol. The minimum atomic E-state index is -1.15. The van der Waals surface area contributed by atoms with Gasteiger partial charge in [-0.2, -0.15) is 4.94 Å². The highest BCUT2D eigenvalue weighted by Gasteiger charge is 2.07. The molecule has 0 radical (unpaired) electrons. The van der Waals surface area contributed by atoms with Crippen molar-refractivity contribution < 1.29 is 14.9 Å². The number of nitrogens with two attached hydrogens (primary N) is 1. The number of oxime groups is 1. The van der Waals surface area contributed by atoms with Gasteiger partial charge in [-0.25, -0.2) is 10.1 Å². The number of nitro benzene ring substituents is 1. The molecule has 0 atom stereocenters. The summed E-state index contributed by atoms with van der Waals surface area (Å²) in [5.41, 5.74) is 5.32. The van der Waals surface area contributed by atoms with Gasteiger partial charge in [-0.05, 0) is 6.07 Å². The Balaban J connectivity index is 2.74. The minimum absolute atomic E-state index is 0.155. The van der Waals surface area contributed by atoms with Gasteiger partial charge in [-0.3, -0.25) is 10.1 Å². The molecular formula is C7H7N5O5. The van der Waals surface area contributed by atoms with Crippen molar-refractivity contribution in [2.24, 2.45) is 10.9 Å². The fourth-order valence-electron chi connectivity index (χ4n) is 0.945. The number of anilines is 1. The lowest BCUT2D eigenvalue weighted by Crippen LogP contribution is -2.23. The Morgan fingerprint density at radius 3 is 2.71 bits per heavy atom. The number of benzene rings is 1. The van der Waals surface area contributed by atoms with Crippen LogP contribution in [0.1, 0.15) is 0 Å². The van der Waals surface area contributed by atoms with Crippen LogP contribution in [0.3, 0.4) is 0 Å². The molecule has 0 aliphatic rings. The Kier molecular flexibility index (Phi) is 3.76.